The van der Waals surface area contributed by atoms with Crippen molar-refractivity contribution in [2.75, 3.05) is 17.9 Å². The van der Waals surface area contributed by atoms with Gasteiger partial charge in [0.05, 0.1) is 23.2 Å². The van der Waals surface area contributed by atoms with E-state index in [-0.39, 0.29) is 17.3 Å². The molecule has 0 heterocycles. The van der Waals surface area contributed by atoms with E-state index in [9.17, 15) is 18.3 Å². The van der Waals surface area contributed by atoms with Crippen molar-refractivity contribution in [1.82, 2.24) is 5.32 Å². The Morgan fingerprint density at radius 2 is 1.71 bits per heavy atom. The lowest BCUT2D eigenvalue weighted by atomic mass is 10.2. The summed E-state index contributed by atoms with van der Waals surface area (Å²) in [6, 6.07) is 14.3. The smallest absolute Gasteiger partial charge is 0.264 e. The van der Waals surface area contributed by atoms with Gasteiger partial charge < -0.3 is 10.4 Å². The first-order chi connectivity index (χ1) is 11.4. The van der Waals surface area contributed by atoms with E-state index in [2.05, 4.69) is 5.32 Å². The van der Waals surface area contributed by atoms with Gasteiger partial charge in [0, 0.05) is 12.6 Å². The van der Waals surface area contributed by atoms with Crippen LogP contribution in [-0.4, -0.2) is 39.1 Å². The van der Waals surface area contributed by atoms with Crippen LogP contribution in [0.25, 0.3) is 0 Å². The molecule has 2 aromatic carbocycles. The van der Waals surface area contributed by atoms with E-state index in [4.69, 9.17) is 0 Å². The summed E-state index contributed by atoms with van der Waals surface area (Å²) < 4.78 is 27.0. The molecule has 0 spiro atoms. The number of amides is 1. The van der Waals surface area contributed by atoms with Crippen molar-refractivity contribution in [2.24, 2.45) is 0 Å². The minimum Gasteiger partial charge on any atom is -0.392 e. The number of aliphatic hydroxyl groups is 1. The van der Waals surface area contributed by atoms with Crippen LogP contribution in [-0.2, 0) is 10.0 Å². The fourth-order valence-electron chi connectivity index (χ4n) is 2.23. The van der Waals surface area contributed by atoms with Crippen molar-refractivity contribution in [3.63, 3.8) is 0 Å². The second-order valence-corrected chi connectivity index (χ2v) is 7.19. The van der Waals surface area contributed by atoms with Gasteiger partial charge >= 0.3 is 0 Å². The number of carbonyl (C=O) groups is 1. The number of aliphatic hydroxyl groups excluding tert-OH is 1. The Labute approximate surface area is 141 Å². The van der Waals surface area contributed by atoms with Crippen LogP contribution in [0.15, 0.2) is 59.5 Å². The predicted molar refractivity (Wildman–Crippen MR) is 92.5 cm³/mol. The lowest BCUT2D eigenvalue weighted by Crippen LogP contribution is -2.36. The molecule has 2 aromatic rings. The van der Waals surface area contributed by atoms with Crippen molar-refractivity contribution in [2.45, 2.75) is 17.9 Å². The van der Waals surface area contributed by atoms with Gasteiger partial charge in [-0.05, 0) is 43.3 Å². The van der Waals surface area contributed by atoms with Gasteiger partial charge in [-0.1, -0.05) is 18.2 Å². The summed E-state index contributed by atoms with van der Waals surface area (Å²) in [5.74, 6) is -0.289. The van der Waals surface area contributed by atoms with Gasteiger partial charge in [-0.3, -0.25) is 9.10 Å². The molecule has 0 unspecified atom stereocenters. The number of rotatable bonds is 6. The Kier molecular flexibility index (Phi) is 5.58. The predicted octanol–water partition coefficient (Wildman–Crippen LogP) is 1.62. The van der Waals surface area contributed by atoms with Gasteiger partial charge in [-0.2, -0.15) is 0 Å². The van der Waals surface area contributed by atoms with Crippen LogP contribution in [0, 0.1) is 0 Å². The molecule has 0 aliphatic rings. The Balaban J connectivity index is 2.42. The van der Waals surface area contributed by atoms with Crippen LogP contribution in [0.3, 0.4) is 0 Å². The topological polar surface area (TPSA) is 86.7 Å². The van der Waals surface area contributed by atoms with Gasteiger partial charge in [0.25, 0.3) is 15.9 Å². The maximum absolute atomic E-state index is 12.9. The molecule has 128 valence electrons. The van der Waals surface area contributed by atoms with E-state index in [1.54, 1.807) is 30.3 Å². The molecule has 7 heteroatoms. The monoisotopic (exact) mass is 348 g/mol. The molecule has 0 fully saturated rings. The molecule has 0 aromatic heterocycles. The first-order valence-corrected chi connectivity index (χ1v) is 8.88. The second-order valence-electron chi connectivity index (χ2n) is 5.32. The maximum atomic E-state index is 12.9. The molecule has 0 saturated heterocycles. The van der Waals surface area contributed by atoms with E-state index >= 15 is 0 Å². The van der Waals surface area contributed by atoms with Gasteiger partial charge in [0.15, 0.2) is 0 Å². The van der Waals surface area contributed by atoms with Gasteiger partial charge in [-0.15, -0.1) is 0 Å². The minimum absolute atomic E-state index is 0.0552. The summed E-state index contributed by atoms with van der Waals surface area (Å²) in [4.78, 5) is 11.6. The van der Waals surface area contributed by atoms with Crippen molar-refractivity contribution in [3.8, 4) is 0 Å². The summed E-state index contributed by atoms with van der Waals surface area (Å²) in [7, 11) is -2.35. The molecule has 1 atom stereocenters. The quantitative estimate of drug-likeness (QED) is 0.830. The summed E-state index contributed by atoms with van der Waals surface area (Å²) >= 11 is 0. The van der Waals surface area contributed by atoms with Crippen LogP contribution in [0.4, 0.5) is 5.69 Å². The average molecular weight is 348 g/mol. The normalized spacial score (nSPS) is 12.5. The van der Waals surface area contributed by atoms with Crippen LogP contribution >= 0.6 is 0 Å². The Morgan fingerprint density at radius 3 is 2.21 bits per heavy atom. The molecule has 0 bridgehead atoms. The number of hydrogen-bond acceptors (Lipinski definition) is 4. The molecule has 0 aliphatic heterocycles. The first-order valence-electron chi connectivity index (χ1n) is 7.44. The highest BCUT2D eigenvalue weighted by molar-refractivity contribution is 7.92. The summed E-state index contributed by atoms with van der Waals surface area (Å²) in [5, 5.41) is 12.2. The third-order valence-electron chi connectivity index (χ3n) is 3.41. The molecular weight excluding hydrogens is 328 g/mol. The zero-order valence-electron chi connectivity index (χ0n) is 13.5. The van der Waals surface area contributed by atoms with Crippen molar-refractivity contribution < 1.29 is 18.3 Å². The van der Waals surface area contributed by atoms with Gasteiger partial charge in [0.2, 0.25) is 0 Å². The van der Waals surface area contributed by atoms with Crippen molar-refractivity contribution in [1.29, 1.82) is 0 Å². The lowest BCUT2D eigenvalue weighted by Gasteiger charge is -2.25. The number of anilines is 1. The highest BCUT2D eigenvalue weighted by atomic mass is 32.2. The van der Waals surface area contributed by atoms with Gasteiger partial charge in [-0.25, -0.2) is 8.42 Å². The molecule has 0 radical (unpaired) electrons. The molecule has 6 nitrogen and oxygen atoms in total. The maximum Gasteiger partial charge on any atom is 0.264 e. The summed E-state index contributed by atoms with van der Waals surface area (Å²) in [6.07, 6.45) is -0.829. The highest BCUT2D eigenvalue weighted by Crippen LogP contribution is 2.24. The number of hydrogen-bond donors (Lipinski definition) is 2. The number of carbonyl (C=O) groups excluding carboxylic acids is 1. The largest absolute Gasteiger partial charge is 0.392 e. The lowest BCUT2D eigenvalue weighted by molar-refractivity contribution is 0.0963. The molecular formula is C17H20N2O4S. The average Bonchev–Trinajstić information content (AvgIpc) is 2.59. The Morgan fingerprint density at radius 1 is 1.12 bits per heavy atom. The Bertz CT molecular complexity index is 787. The number of nitrogens with one attached hydrogen (secondary N) is 1. The summed E-state index contributed by atoms with van der Waals surface area (Å²) in [5.41, 5.74) is 0.840. The van der Waals surface area contributed by atoms with E-state index in [0.717, 1.165) is 4.31 Å². The molecule has 24 heavy (non-hydrogen) atoms. The third kappa shape index (κ3) is 3.93. The molecule has 2 N–H and O–H groups in total. The number of benzene rings is 2. The first kappa shape index (κ1) is 18.0. The highest BCUT2D eigenvalue weighted by Gasteiger charge is 2.26. The SMILES string of the molecule is CNC(=O)c1ccc(S(=O)(=O)N(C[C@H](C)O)c2ccccc2)cc1. The van der Waals surface area contributed by atoms with E-state index < -0.39 is 16.1 Å². The molecule has 2 rings (SSSR count). The van der Waals surface area contributed by atoms with Crippen LogP contribution in [0.2, 0.25) is 0 Å². The van der Waals surface area contributed by atoms with Crippen LogP contribution < -0.4 is 9.62 Å². The fourth-order valence-corrected chi connectivity index (χ4v) is 3.77. The zero-order valence-corrected chi connectivity index (χ0v) is 14.3. The fraction of sp³-hybridized carbons (Fsp3) is 0.235. The number of nitrogens with zero attached hydrogens (tertiary/aromatic N) is 1. The molecule has 0 saturated carbocycles. The van der Waals surface area contributed by atoms with E-state index in [1.165, 1.54) is 38.2 Å². The van der Waals surface area contributed by atoms with E-state index in [0.29, 0.717) is 11.3 Å². The summed E-state index contributed by atoms with van der Waals surface area (Å²) in [6.45, 7) is 1.46. The molecule has 1 amide bonds. The minimum atomic E-state index is -3.86. The standard InChI is InChI=1S/C17H20N2O4S/c1-13(20)12-19(15-6-4-3-5-7-15)24(22,23)16-10-8-14(9-11-16)17(21)18-2/h3-11,13,20H,12H2,1-2H3,(H,18,21)/t13-/m0/s1. The second kappa shape index (κ2) is 7.46. The number of sulfonamides is 1. The van der Waals surface area contributed by atoms with Gasteiger partial charge in [0.1, 0.15) is 0 Å². The van der Waals surface area contributed by atoms with Crippen molar-refractivity contribution in [3.05, 3.63) is 60.2 Å². The van der Waals surface area contributed by atoms with E-state index in [1.807, 2.05) is 0 Å². The zero-order chi connectivity index (χ0) is 17.7. The Hall–Kier alpha value is -2.38. The molecule has 0 aliphatic carbocycles. The van der Waals surface area contributed by atoms with Crippen molar-refractivity contribution >= 4 is 21.6 Å². The third-order valence-corrected chi connectivity index (χ3v) is 5.21. The number of para-hydroxylation sites is 1. The van der Waals surface area contributed by atoms with Crippen LogP contribution in [0.5, 0.6) is 0 Å². The van der Waals surface area contributed by atoms with Crippen LogP contribution in [0.1, 0.15) is 17.3 Å².